The lowest BCUT2D eigenvalue weighted by Crippen LogP contribution is -2.25. The Morgan fingerprint density at radius 2 is 1.72 bits per heavy atom. The lowest BCUT2D eigenvalue weighted by molar-refractivity contribution is 0.0790. The molecule has 0 radical (unpaired) electrons. The Hall–Kier alpha value is -2.85. The van der Waals surface area contributed by atoms with Gasteiger partial charge in [0, 0.05) is 19.8 Å². The van der Waals surface area contributed by atoms with Gasteiger partial charge in [0.05, 0.1) is 10.4 Å². The minimum atomic E-state index is 0.0524. The summed E-state index contributed by atoms with van der Waals surface area (Å²) in [5, 5.41) is 2.25. The van der Waals surface area contributed by atoms with E-state index < -0.39 is 0 Å². The van der Waals surface area contributed by atoms with Crippen LogP contribution in [0.1, 0.15) is 15.2 Å². The first-order valence-corrected chi connectivity index (χ1v) is 9.00. The third kappa shape index (κ3) is 3.08. The Morgan fingerprint density at radius 3 is 2.56 bits per heavy atom. The van der Waals surface area contributed by atoms with Crippen molar-refractivity contribution in [2.75, 3.05) is 7.05 Å². The van der Waals surface area contributed by atoms with E-state index in [0.29, 0.717) is 6.54 Å². The number of aromatic nitrogens is 1. The van der Waals surface area contributed by atoms with Crippen LogP contribution >= 0.6 is 11.3 Å². The molecule has 4 heteroatoms. The lowest BCUT2D eigenvalue weighted by Gasteiger charge is -2.16. The standard InChI is InChI=1S/C21H18N2OS/c1-22(15-16-7-3-2-4-8-16)21(24)19-11-12-20(25-19)23-14-13-17-9-5-6-10-18(17)23/h2-14H,15H2,1H3. The number of hydrogen-bond donors (Lipinski definition) is 0. The molecule has 0 aliphatic carbocycles. The van der Waals surface area contributed by atoms with Gasteiger partial charge >= 0.3 is 0 Å². The number of amides is 1. The van der Waals surface area contributed by atoms with Crippen LogP contribution in [-0.4, -0.2) is 22.4 Å². The molecule has 3 nitrogen and oxygen atoms in total. The molecule has 2 aromatic heterocycles. The molecular weight excluding hydrogens is 328 g/mol. The minimum Gasteiger partial charge on any atom is -0.337 e. The third-order valence-electron chi connectivity index (χ3n) is 4.25. The molecule has 1 amide bonds. The zero-order chi connectivity index (χ0) is 17.2. The van der Waals surface area contributed by atoms with Crippen molar-refractivity contribution in [2.45, 2.75) is 6.54 Å². The number of rotatable bonds is 4. The molecule has 0 spiro atoms. The van der Waals surface area contributed by atoms with Crippen LogP contribution in [0.2, 0.25) is 0 Å². The Kier molecular flexibility index (Phi) is 4.12. The molecule has 124 valence electrons. The molecule has 0 N–H and O–H groups in total. The number of carbonyl (C=O) groups excluding carboxylic acids is 1. The van der Waals surface area contributed by atoms with E-state index in [9.17, 15) is 4.79 Å². The van der Waals surface area contributed by atoms with Gasteiger partial charge in [0.1, 0.15) is 5.00 Å². The number of benzene rings is 2. The van der Waals surface area contributed by atoms with Gasteiger partial charge in [0.25, 0.3) is 5.91 Å². The van der Waals surface area contributed by atoms with Crippen LogP contribution in [0.4, 0.5) is 0 Å². The molecule has 0 aliphatic rings. The monoisotopic (exact) mass is 346 g/mol. The van der Waals surface area contributed by atoms with Gasteiger partial charge in [0.15, 0.2) is 0 Å². The van der Waals surface area contributed by atoms with Gasteiger partial charge in [0.2, 0.25) is 0 Å². The number of para-hydroxylation sites is 1. The van der Waals surface area contributed by atoms with Crippen molar-refractivity contribution in [3.8, 4) is 5.00 Å². The van der Waals surface area contributed by atoms with E-state index in [1.54, 1.807) is 4.90 Å². The number of thiophene rings is 1. The van der Waals surface area contributed by atoms with Crippen molar-refractivity contribution < 1.29 is 4.79 Å². The molecule has 2 aromatic carbocycles. The maximum atomic E-state index is 12.7. The average Bonchev–Trinajstić information content (AvgIpc) is 3.28. The van der Waals surface area contributed by atoms with Crippen LogP contribution in [0.25, 0.3) is 15.9 Å². The molecule has 0 aliphatic heterocycles. The van der Waals surface area contributed by atoms with Crippen LogP contribution in [0.15, 0.2) is 79.0 Å². The van der Waals surface area contributed by atoms with Gasteiger partial charge in [-0.1, -0.05) is 48.5 Å². The summed E-state index contributed by atoms with van der Waals surface area (Å²) in [6.07, 6.45) is 2.05. The SMILES string of the molecule is CN(Cc1ccccc1)C(=O)c1ccc(-n2ccc3ccccc32)s1. The van der Waals surface area contributed by atoms with Crippen molar-refractivity contribution in [3.63, 3.8) is 0 Å². The van der Waals surface area contributed by atoms with Crippen LogP contribution in [0, 0.1) is 0 Å². The second-order valence-electron chi connectivity index (χ2n) is 6.03. The molecule has 0 fully saturated rings. The fourth-order valence-corrected chi connectivity index (χ4v) is 3.96. The molecule has 2 heterocycles. The Bertz CT molecular complexity index is 1020. The quantitative estimate of drug-likeness (QED) is 0.512. The van der Waals surface area contributed by atoms with E-state index in [-0.39, 0.29) is 5.91 Å². The Balaban J connectivity index is 1.57. The molecule has 4 rings (SSSR count). The normalized spacial score (nSPS) is 10.9. The fourth-order valence-electron chi connectivity index (χ4n) is 2.96. The zero-order valence-corrected chi connectivity index (χ0v) is 14.7. The molecule has 0 saturated heterocycles. The summed E-state index contributed by atoms with van der Waals surface area (Å²) >= 11 is 1.52. The predicted molar refractivity (Wildman–Crippen MR) is 103 cm³/mol. The van der Waals surface area contributed by atoms with Gasteiger partial charge in [-0.05, 0) is 35.2 Å². The van der Waals surface area contributed by atoms with Gasteiger partial charge in [-0.3, -0.25) is 4.79 Å². The van der Waals surface area contributed by atoms with Crippen LogP contribution in [0.5, 0.6) is 0 Å². The molecule has 0 bridgehead atoms. The molecule has 0 atom stereocenters. The molecule has 0 unspecified atom stereocenters. The third-order valence-corrected chi connectivity index (χ3v) is 5.32. The summed E-state index contributed by atoms with van der Waals surface area (Å²) in [6, 6.07) is 24.3. The minimum absolute atomic E-state index is 0.0524. The van der Waals surface area contributed by atoms with E-state index in [1.807, 2.05) is 61.6 Å². The lowest BCUT2D eigenvalue weighted by atomic mass is 10.2. The molecule has 0 saturated carbocycles. The highest BCUT2D eigenvalue weighted by atomic mass is 32.1. The van der Waals surface area contributed by atoms with Gasteiger partial charge in [-0.2, -0.15) is 0 Å². The van der Waals surface area contributed by atoms with Crippen molar-refractivity contribution in [1.29, 1.82) is 0 Å². The number of hydrogen-bond acceptors (Lipinski definition) is 2. The van der Waals surface area contributed by atoms with Crippen LogP contribution in [0.3, 0.4) is 0 Å². The highest BCUT2D eigenvalue weighted by Crippen LogP contribution is 2.27. The molecule has 4 aromatic rings. The predicted octanol–water partition coefficient (Wildman–Crippen LogP) is 4.96. The highest BCUT2D eigenvalue weighted by Gasteiger charge is 2.15. The summed E-state index contributed by atoms with van der Waals surface area (Å²) < 4.78 is 2.13. The molecule has 25 heavy (non-hydrogen) atoms. The summed E-state index contributed by atoms with van der Waals surface area (Å²) in [4.78, 5) is 15.2. The van der Waals surface area contributed by atoms with Gasteiger partial charge in [-0.25, -0.2) is 0 Å². The first-order chi connectivity index (χ1) is 12.2. The first-order valence-electron chi connectivity index (χ1n) is 8.18. The topological polar surface area (TPSA) is 25.2 Å². The highest BCUT2D eigenvalue weighted by molar-refractivity contribution is 7.16. The summed E-state index contributed by atoms with van der Waals surface area (Å²) in [5.41, 5.74) is 2.28. The van der Waals surface area contributed by atoms with Crippen molar-refractivity contribution in [3.05, 3.63) is 89.4 Å². The van der Waals surface area contributed by atoms with Crippen molar-refractivity contribution >= 4 is 28.1 Å². The van der Waals surface area contributed by atoms with Gasteiger partial charge < -0.3 is 9.47 Å². The summed E-state index contributed by atoms with van der Waals surface area (Å²) in [5.74, 6) is 0.0524. The second-order valence-corrected chi connectivity index (χ2v) is 7.09. The van der Waals surface area contributed by atoms with E-state index in [2.05, 4.69) is 29.0 Å². The van der Waals surface area contributed by atoms with Crippen LogP contribution in [-0.2, 0) is 6.54 Å². The first kappa shape index (κ1) is 15.7. The van der Waals surface area contributed by atoms with Crippen molar-refractivity contribution in [1.82, 2.24) is 9.47 Å². The van der Waals surface area contributed by atoms with E-state index in [1.165, 1.54) is 16.7 Å². The zero-order valence-electron chi connectivity index (χ0n) is 13.9. The smallest absolute Gasteiger partial charge is 0.264 e. The Morgan fingerprint density at radius 1 is 0.960 bits per heavy atom. The summed E-state index contributed by atoms with van der Waals surface area (Å²) in [6.45, 7) is 0.610. The number of carbonyl (C=O) groups is 1. The largest absolute Gasteiger partial charge is 0.337 e. The average molecular weight is 346 g/mol. The van der Waals surface area contributed by atoms with E-state index in [0.717, 1.165) is 21.0 Å². The van der Waals surface area contributed by atoms with E-state index >= 15 is 0 Å². The fraction of sp³-hybridized carbons (Fsp3) is 0.0952. The van der Waals surface area contributed by atoms with E-state index in [4.69, 9.17) is 0 Å². The van der Waals surface area contributed by atoms with Crippen LogP contribution < -0.4 is 0 Å². The molecular formula is C21H18N2OS. The maximum Gasteiger partial charge on any atom is 0.264 e. The maximum absolute atomic E-state index is 12.7. The van der Waals surface area contributed by atoms with Crippen molar-refractivity contribution in [2.24, 2.45) is 0 Å². The summed E-state index contributed by atoms with van der Waals surface area (Å²) in [7, 11) is 1.85. The number of nitrogens with zero attached hydrogens (tertiary/aromatic N) is 2. The number of fused-ring (bicyclic) bond motifs is 1. The van der Waals surface area contributed by atoms with Gasteiger partial charge in [-0.15, -0.1) is 11.3 Å². The second kappa shape index (κ2) is 6.57. The Labute approximate surface area is 150 Å².